The van der Waals surface area contributed by atoms with Gasteiger partial charge in [0.15, 0.2) is 23.3 Å². The van der Waals surface area contributed by atoms with Crippen LogP contribution in [0.5, 0.6) is 0 Å². The number of anilines is 1. The molecule has 9 heteroatoms. The van der Waals surface area contributed by atoms with E-state index in [2.05, 4.69) is 0 Å². The lowest BCUT2D eigenvalue weighted by atomic mass is 10.3. The van der Waals surface area contributed by atoms with E-state index in [0.717, 1.165) is 0 Å². The van der Waals surface area contributed by atoms with Gasteiger partial charge >= 0.3 is 0 Å². The second-order valence-electron chi connectivity index (χ2n) is 3.66. The van der Waals surface area contributed by atoms with Gasteiger partial charge in [-0.3, -0.25) is 4.72 Å². The van der Waals surface area contributed by atoms with Gasteiger partial charge in [-0.25, -0.2) is 26.0 Å². The van der Waals surface area contributed by atoms with Crippen LogP contribution >= 0.6 is 11.6 Å². The maximum Gasteiger partial charge on any atom is 0.232 e. The number of rotatable bonds is 6. The van der Waals surface area contributed by atoms with Crippen LogP contribution in [0.1, 0.15) is 12.8 Å². The van der Waals surface area contributed by atoms with Gasteiger partial charge in [0.2, 0.25) is 10.0 Å². The molecule has 0 atom stereocenters. The number of hydrogen-bond acceptors (Lipinski definition) is 2. The number of alkyl halides is 1. The van der Waals surface area contributed by atoms with Crippen LogP contribution in [0.4, 0.5) is 23.2 Å². The highest BCUT2D eigenvalue weighted by molar-refractivity contribution is 7.92. The molecule has 0 aliphatic rings. The molecule has 0 unspecified atom stereocenters. The van der Waals surface area contributed by atoms with E-state index in [9.17, 15) is 26.0 Å². The number of nitrogens with one attached hydrogen (secondary N) is 1. The average molecular weight is 320 g/mol. The number of benzene rings is 1. The van der Waals surface area contributed by atoms with Crippen LogP contribution < -0.4 is 4.72 Å². The van der Waals surface area contributed by atoms with E-state index in [1.54, 1.807) is 0 Å². The number of hydrogen-bond donors (Lipinski definition) is 1. The van der Waals surface area contributed by atoms with Crippen LogP contribution in [0.15, 0.2) is 6.07 Å². The Balaban J connectivity index is 2.99. The molecule has 0 aliphatic carbocycles. The molecule has 0 heterocycles. The van der Waals surface area contributed by atoms with E-state index >= 15 is 0 Å². The molecule has 0 radical (unpaired) electrons. The largest absolute Gasteiger partial charge is 0.278 e. The molecule has 0 aromatic heterocycles. The molecule has 0 saturated carbocycles. The van der Waals surface area contributed by atoms with Crippen LogP contribution in [0.3, 0.4) is 0 Å². The molecule has 19 heavy (non-hydrogen) atoms. The maximum absolute atomic E-state index is 13.2. The van der Waals surface area contributed by atoms with Crippen molar-refractivity contribution in [2.75, 3.05) is 16.4 Å². The number of halogens is 5. The van der Waals surface area contributed by atoms with Crippen molar-refractivity contribution in [3.8, 4) is 0 Å². The topological polar surface area (TPSA) is 46.2 Å². The molecule has 0 saturated heterocycles. The lowest BCUT2D eigenvalue weighted by molar-refractivity contribution is 0.459. The van der Waals surface area contributed by atoms with Crippen molar-refractivity contribution < 1.29 is 26.0 Å². The summed E-state index contributed by atoms with van der Waals surface area (Å²) in [4.78, 5) is 0. The van der Waals surface area contributed by atoms with E-state index in [0.29, 0.717) is 6.42 Å². The normalized spacial score (nSPS) is 11.6. The predicted octanol–water partition coefficient (Wildman–Crippen LogP) is 3.00. The zero-order valence-electron chi connectivity index (χ0n) is 9.52. The molecule has 0 bridgehead atoms. The molecule has 0 spiro atoms. The van der Waals surface area contributed by atoms with Crippen LogP contribution in [0.25, 0.3) is 0 Å². The van der Waals surface area contributed by atoms with Gasteiger partial charge in [0.1, 0.15) is 5.69 Å². The average Bonchev–Trinajstić information content (AvgIpc) is 2.32. The Labute approximate surface area is 112 Å². The zero-order valence-corrected chi connectivity index (χ0v) is 11.1. The first-order chi connectivity index (χ1) is 8.78. The minimum absolute atomic E-state index is 0.00401. The fraction of sp³-hybridized carbons (Fsp3) is 0.400. The van der Waals surface area contributed by atoms with Gasteiger partial charge < -0.3 is 0 Å². The summed E-state index contributed by atoms with van der Waals surface area (Å²) < 4.78 is 76.6. The van der Waals surface area contributed by atoms with Crippen LogP contribution in [-0.4, -0.2) is 20.1 Å². The van der Waals surface area contributed by atoms with Crippen molar-refractivity contribution in [1.82, 2.24) is 0 Å². The highest BCUT2D eigenvalue weighted by Gasteiger charge is 2.23. The summed E-state index contributed by atoms with van der Waals surface area (Å²) in [6.07, 6.45) is 0.533. The predicted molar refractivity (Wildman–Crippen MR) is 63.6 cm³/mol. The third-order valence-corrected chi connectivity index (χ3v) is 3.77. The van der Waals surface area contributed by atoms with Gasteiger partial charge in [-0.1, -0.05) is 0 Å². The third kappa shape index (κ3) is 4.24. The Morgan fingerprint density at radius 3 is 2.05 bits per heavy atom. The Kier molecular flexibility index (Phi) is 5.42. The van der Waals surface area contributed by atoms with E-state index in [4.69, 9.17) is 11.6 Å². The second-order valence-corrected chi connectivity index (χ2v) is 5.88. The lowest BCUT2D eigenvalue weighted by Gasteiger charge is -2.10. The quantitative estimate of drug-likeness (QED) is 0.379. The van der Waals surface area contributed by atoms with Gasteiger partial charge in [-0.15, -0.1) is 11.6 Å². The SMILES string of the molecule is O=S(=O)(CCCCCl)Nc1c(F)c(F)cc(F)c1F. The standard InChI is InChI=1S/C10H10ClF4NO2S/c11-3-1-2-4-19(17,18)16-10-8(14)6(12)5-7(13)9(10)15/h5,16H,1-4H2. The van der Waals surface area contributed by atoms with E-state index < -0.39 is 44.7 Å². The molecule has 108 valence electrons. The lowest BCUT2D eigenvalue weighted by Crippen LogP contribution is -2.19. The monoisotopic (exact) mass is 319 g/mol. The minimum atomic E-state index is -4.11. The van der Waals surface area contributed by atoms with Crippen molar-refractivity contribution in [3.63, 3.8) is 0 Å². The van der Waals surface area contributed by atoms with E-state index in [1.807, 2.05) is 0 Å². The van der Waals surface area contributed by atoms with Crippen LogP contribution in [0, 0.1) is 23.3 Å². The van der Waals surface area contributed by atoms with Crippen LogP contribution in [0.2, 0.25) is 0 Å². The van der Waals surface area contributed by atoms with Gasteiger partial charge in [0.25, 0.3) is 0 Å². The van der Waals surface area contributed by atoms with Crippen molar-refractivity contribution in [2.24, 2.45) is 0 Å². The summed E-state index contributed by atoms with van der Waals surface area (Å²) in [5.41, 5.74) is -1.36. The minimum Gasteiger partial charge on any atom is -0.278 e. The number of unbranched alkanes of at least 4 members (excludes halogenated alkanes) is 1. The fourth-order valence-electron chi connectivity index (χ4n) is 1.26. The first-order valence-electron chi connectivity index (χ1n) is 5.18. The Morgan fingerprint density at radius 2 is 1.58 bits per heavy atom. The van der Waals surface area contributed by atoms with Gasteiger partial charge in [0.05, 0.1) is 5.75 Å². The molecule has 1 aromatic carbocycles. The first-order valence-corrected chi connectivity index (χ1v) is 7.36. The molecule has 0 amide bonds. The van der Waals surface area contributed by atoms with Crippen molar-refractivity contribution in [2.45, 2.75) is 12.8 Å². The van der Waals surface area contributed by atoms with E-state index in [-0.39, 0.29) is 18.4 Å². The number of sulfonamides is 1. The summed E-state index contributed by atoms with van der Waals surface area (Å²) in [5.74, 6) is -7.18. The third-order valence-electron chi connectivity index (χ3n) is 2.17. The van der Waals surface area contributed by atoms with E-state index in [1.165, 1.54) is 4.72 Å². The molecule has 1 N–H and O–H groups in total. The molecular weight excluding hydrogens is 310 g/mol. The molecular formula is C10H10ClF4NO2S. The first kappa shape index (κ1) is 16.0. The van der Waals surface area contributed by atoms with Crippen molar-refractivity contribution in [1.29, 1.82) is 0 Å². The highest BCUT2D eigenvalue weighted by Crippen LogP contribution is 2.25. The van der Waals surface area contributed by atoms with Crippen molar-refractivity contribution in [3.05, 3.63) is 29.3 Å². The zero-order chi connectivity index (χ0) is 14.6. The molecule has 1 rings (SSSR count). The summed E-state index contributed by atoms with van der Waals surface area (Å²) >= 11 is 5.35. The van der Waals surface area contributed by atoms with Gasteiger partial charge in [0, 0.05) is 11.9 Å². The summed E-state index contributed by atoms with van der Waals surface area (Å²) in [5, 5.41) is 0. The second kappa shape index (κ2) is 6.42. The van der Waals surface area contributed by atoms with Crippen molar-refractivity contribution >= 4 is 27.3 Å². The van der Waals surface area contributed by atoms with Crippen LogP contribution in [-0.2, 0) is 10.0 Å². The fourth-order valence-corrected chi connectivity index (χ4v) is 2.62. The molecule has 0 fully saturated rings. The Morgan fingerprint density at radius 1 is 1.05 bits per heavy atom. The molecule has 3 nitrogen and oxygen atoms in total. The molecule has 0 aliphatic heterocycles. The maximum atomic E-state index is 13.2. The Bertz CT molecular complexity index is 539. The highest BCUT2D eigenvalue weighted by atomic mass is 35.5. The van der Waals surface area contributed by atoms with Gasteiger partial charge in [-0.2, -0.15) is 0 Å². The van der Waals surface area contributed by atoms with Gasteiger partial charge in [-0.05, 0) is 12.8 Å². The summed E-state index contributed by atoms with van der Waals surface area (Å²) in [7, 11) is -4.11. The smallest absolute Gasteiger partial charge is 0.232 e. The molecule has 1 aromatic rings. The summed E-state index contributed by atoms with van der Waals surface area (Å²) in [6.45, 7) is 0. The summed E-state index contributed by atoms with van der Waals surface area (Å²) in [6, 6.07) is -0.00401. The Hall–Kier alpha value is -1.02.